The summed E-state index contributed by atoms with van der Waals surface area (Å²) < 4.78 is 6.08. The van der Waals surface area contributed by atoms with E-state index in [0.717, 1.165) is 39.8 Å². The van der Waals surface area contributed by atoms with Crippen LogP contribution < -0.4 is 4.74 Å². The molecular formula is C21H19N3O. The van der Waals surface area contributed by atoms with E-state index in [0.29, 0.717) is 6.61 Å². The summed E-state index contributed by atoms with van der Waals surface area (Å²) in [5.41, 5.74) is 5.99. The second kappa shape index (κ2) is 6.69. The van der Waals surface area contributed by atoms with Crippen LogP contribution >= 0.6 is 0 Å². The van der Waals surface area contributed by atoms with Gasteiger partial charge >= 0.3 is 0 Å². The second-order valence-corrected chi connectivity index (χ2v) is 5.97. The SMILES string of the molecule is CC1=NC(=Cc2[nH]c(-c3ccc[nH]3)cc2OCc2ccccc2)C=C1. The largest absolute Gasteiger partial charge is 0.487 e. The zero-order valence-corrected chi connectivity index (χ0v) is 14.0. The number of nitrogens with one attached hydrogen (secondary N) is 2. The van der Waals surface area contributed by atoms with Crippen LogP contribution in [0.4, 0.5) is 0 Å². The minimum Gasteiger partial charge on any atom is -0.487 e. The summed E-state index contributed by atoms with van der Waals surface area (Å²) in [7, 11) is 0. The molecule has 1 aliphatic heterocycles. The molecule has 0 bridgehead atoms. The van der Waals surface area contributed by atoms with Crippen LogP contribution in [0.1, 0.15) is 18.2 Å². The van der Waals surface area contributed by atoms with E-state index in [1.807, 2.05) is 67.7 Å². The Bertz CT molecular complexity index is 944. The number of benzene rings is 1. The Hall–Kier alpha value is -3.27. The average molecular weight is 329 g/mol. The van der Waals surface area contributed by atoms with Crippen LogP contribution in [-0.4, -0.2) is 15.7 Å². The zero-order valence-electron chi connectivity index (χ0n) is 14.0. The molecule has 1 aliphatic rings. The highest BCUT2D eigenvalue weighted by atomic mass is 16.5. The third kappa shape index (κ3) is 3.48. The molecule has 4 nitrogen and oxygen atoms in total. The topological polar surface area (TPSA) is 53.2 Å². The van der Waals surface area contributed by atoms with Gasteiger partial charge in [-0.1, -0.05) is 30.3 Å². The van der Waals surface area contributed by atoms with E-state index in [2.05, 4.69) is 27.1 Å². The third-order valence-electron chi connectivity index (χ3n) is 4.03. The molecule has 0 amide bonds. The predicted octanol–water partition coefficient (Wildman–Crippen LogP) is 4.96. The van der Waals surface area contributed by atoms with Gasteiger partial charge in [-0.05, 0) is 42.8 Å². The Balaban J connectivity index is 1.65. The molecule has 0 atom stereocenters. The van der Waals surface area contributed by atoms with Crippen LogP contribution in [0.2, 0.25) is 0 Å². The molecule has 0 unspecified atom stereocenters. The second-order valence-electron chi connectivity index (χ2n) is 5.97. The van der Waals surface area contributed by atoms with E-state index in [1.54, 1.807) is 0 Å². The van der Waals surface area contributed by atoms with Gasteiger partial charge in [0.25, 0.3) is 0 Å². The summed E-state index contributed by atoms with van der Waals surface area (Å²) in [6, 6.07) is 16.2. The maximum Gasteiger partial charge on any atom is 0.145 e. The van der Waals surface area contributed by atoms with Crippen molar-refractivity contribution in [3.05, 3.63) is 83.8 Å². The van der Waals surface area contributed by atoms with E-state index in [4.69, 9.17) is 4.74 Å². The maximum absolute atomic E-state index is 6.08. The average Bonchev–Trinajstić information content (AvgIpc) is 3.36. The van der Waals surface area contributed by atoms with Gasteiger partial charge in [0, 0.05) is 18.0 Å². The van der Waals surface area contributed by atoms with Crippen molar-refractivity contribution < 1.29 is 4.74 Å². The summed E-state index contributed by atoms with van der Waals surface area (Å²) >= 11 is 0. The van der Waals surface area contributed by atoms with Gasteiger partial charge in [0.05, 0.1) is 22.8 Å². The molecule has 3 heterocycles. The van der Waals surface area contributed by atoms with E-state index in [-0.39, 0.29) is 0 Å². The summed E-state index contributed by atoms with van der Waals surface area (Å²) in [5.74, 6) is 0.814. The number of aliphatic imine (C=N–C) groups is 1. The van der Waals surface area contributed by atoms with Crippen LogP contribution in [0.15, 0.2) is 77.6 Å². The van der Waals surface area contributed by atoms with Crippen molar-refractivity contribution in [1.29, 1.82) is 0 Å². The number of H-pyrrole nitrogens is 2. The molecule has 1 aromatic carbocycles. The van der Waals surface area contributed by atoms with Crippen LogP contribution in [0.5, 0.6) is 5.75 Å². The molecule has 0 spiro atoms. The van der Waals surface area contributed by atoms with Crippen molar-refractivity contribution in [2.24, 2.45) is 4.99 Å². The number of hydrogen-bond acceptors (Lipinski definition) is 2. The Morgan fingerprint density at radius 1 is 1.04 bits per heavy atom. The van der Waals surface area contributed by atoms with Crippen LogP contribution in [0.25, 0.3) is 17.5 Å². The number of rotatable bonds is 5. The molecule has 0 radical (unpaired) electrons. The Morgan fingerprint density at radius 3 is 2.64 bits per heavy atom. The van der Waals surface area contributed by atoms with E-state index in [9.17, 15) is 0 Å². The minimum absolute atomic E-state index is 0.525. The molecule has 4 rings (SSSR count). The molecular weight excluding hydrogens is 310 g/mol. The first-order valence-corrected chi connectivity index (χ1v) is 8.26. The highest BCUT2D eigenvalue weighted by Crippen LogP contribution is 2.29. The van der Waals surface area contributed by atoms with Crippen molar-refractivity contribution in [2.75, 3.05) is 0 Å². The first kappa shape index (κ1) is 15.3. The lowest BCUT2D eigenvalue weighted by molar-refractivity contribution is 0.306. The molecule has 0 saturated carbocycles. The van der Waals surface area contributed by atoms with Crippen molar-refractivity contribution >= 4 is 11.8 Å². The van der Waals surface area contributed by atoms with Gasteiger partial charge in [-0.2, -0.15) is 0 Å². The quantitative estimate of drug-likeness (QED) is 0.683. The number of nitrogens with zero attached hydrogens (tertiary/aromatic N) is 1. The van der Waals surface area contributed by atoms with E-state index >= 15 is 0 Å². The van der Waals surface area contributed by atoms with Gasteiger partial charge in [0.15, 0.2) is 0 Å². The van der Waals surface area contributed by atoms with Crippen molar-refractivity contribution in [3.63, 3.8) is 0 Å². The molecule has 2 N–H and O–H groups in total. The summed E-state index contributed by atoms with van der Waals surface area (Å²) in [6.07, 6.45) is 7.93. The fourth-order valence-corrected chi connectivity index (χ4v) is 2.77. The van der Waals surface area contributed by atoms with Crippen molar-refractivity contribution in [1.82, 2.24) is 9.97 Å². The molecule has 0 fully saturated rings. The van der Waals surface area contributed by atoms with Crippen molar-refractivity contribution in [2.45, 2.75) is 13.5 Å². The first-order chi connectivity index (χ1) is 12.3. The van der Waals surface area contributed by atoms with Gasteiger partial charge < -0.3 is 14.7 Å². The normalized spacial score (nSPS) is 14.9. The Morgan fingerprint density at radius 2 is 1.92 bits per heavy atom. The zero-order chi connectivity index (χ0) is 17.1. The fourth-order valence-electron chi connectivity index (χ4n) is 2.77. The molecule has 4 heteroatoms. The number of hydrogen-bond donors (Lipinski definition) is 2. The highest BCUT2D eigenvalue weighted by Gasteiger charge is 2.12. The van der Waals surface area contributed by atoms with Crippen LogP contribution in [-0.2, 0) is 6.61 Å². The molecule has 124 valence electrons. The molecule has 2 aromatic heterocycles. The van der Waals surface area contributed by atoms with Gasteiger partial charge in [0.2, 0.25) is 0 Å². The standard InChI is InChI=1S/C21H19N3O/c1-15-9-10-17(23-15)12-20-21(25-14-16-6-3-2-4-7-16)13-19(24-20)18-8-5-11-22-18/h2-13,22,24H,14H2,1H3. The van der Waals surface area contributed by atoms with E-state index in [1.165, 1.54) is 0 Å². The molecule has 3 aromatic rings. The van der Waals surface area contributed by atoms with Gasteiger partial charge in [-0.25, -0.2) is 0 Å². The third-order valence-corrected chi connectivity index (χ3v) is 4.03. The Labute approximate surface area is 146 Å². The van der Waals surface area contributed by atoms with Gasteiger partial charge in [-0.3, -0.25) is 4.99 Å². The number of allylic oxidation sites excluding steroid dienone is 2. The lowest BCUT2D eigenvalue weighted by Crippen LogP contribution is -1.95. The summed E-state index contributed by atoms with van der Waals surface area (Å²) in [6.45, 7) is 2.51. The first-order valence-electron chi connectivity index (χ1n) is 8.26. The number of aromatic amines is 2. The maximum atomic E-state index is 6.08. The van der Waals surface area contributed by atoms with Crippen molar-refractivity contribution in [3.8, 4) is 17.1 Å². The van der Waals surface area contributed by atoms with Crippen LogP contribution in [0, 0.1) is 0 Å². The number of ether oxygens (including phenoxy) is 1. The lowest BCUT2D eigenvalue weighted by atomic mass is 10.2. The predicted molar refractivity (Wildman–Crippen MR) is 102 cm³/mol. The Kier molecular flexibility index (Phi) is 4.09. The highest BCUT2D eigenvalue weighted by molar-refractivity contribution is 5.97. The fraction of sp³-hybridized carbons (Fsp3) is 0.0952. The molecule has 25 heavy (non-hydrogen) atoms. The van der Waals surface area contributed by atoms with Gasteiger partial charge in [-0.15, -0.1) is 0 Å². The summed E-state index contributed by atoms with van der Waals surface area (Å²) in [4.78, 5) is 11.1. The monoisotopic (exact) mass is 329 g/mol. The van der Waals surface area contributed by atoms with E-state index < -0.39 is 0 Å². The smallest absolute Gasteiger partial charge is 0.145 e. The summed E-state index contributed by atoms with van der Waals surface area (Å²) in [5, 5.41) is 0. The van der Waals surface area contributed by atoms with Crippen LogP contribution in [0.3, 0.4) is 0 Å². The number of aromatic nitrogens is 2. The van der Waals surface area contributed by atoms with Gasteiger partial charge in [0.1, 0.15) is 12.4 Å². The lowest BCUT2D eigenvalue weighted by Gasteiger charge is -2.05. The molecule has 0 aliphatic carbocycles. The molecule has 0 saturated heterocycles. The minimum atomic E-state index is 0.525.